The summed E-state index contributed by atoms with van der Waals surface area (Å²) in [5.74, 6) is 1.05. The van der Waals surface area contributed by atoms with E-state index in [-0.39, 0.29) is 0 Å². The highest BCUT2D eigenvalue weighted by Gasteiger charge is 2.34. The number of benzene rings is 1. The van der Waals surface area contributed by atoms with Crippen LogP contribution in [0.5, 0.6) is 0 Å². The summed E-state index contributed by atoms with van der Waals surface area (Å²) in [5, 5.41) is 0. The standard InChI is InChI=1S/C16H21NO2S/c1-12-3-7-16(8-4-12)20(18,19)17-10-13(2)15(11-17)9-14-5-6-14/h3-4,7-9,13-14H,5-6,10-11H2,1-2H3/b15-9+. The maximum atomic E-state index is 12.6. The first-order valence-electron chi connectivity index (χ1n) is 7.24. The average Bonchev–Trinajstić information content (AvgIpc) is 3.13. The maximum Gasteiger partial charge on any atom is 0.243 e. The fraction of sp³-hybridized carbons (Fsp3) is 0.500. The van der Waals surface area contributed by atoms with Gasteiger partial charge in [-0.1, -0.05) is 36.3 Å². The molecule has 1 saturated heterocycles. The van der Waals surface area contributed by atoms with Crippen LogP contribution in [0.25, 0.3) is 0 Å². The normalized spacial score (nSPS) is 26.3. The molecule has 1 aliphatic carbocycles. The molecule has 1 aromatic carbocycles. The van der Waals surface area contributed by atoms with E-state index in [0.717, 1.165) is 5.56 Å². The molecule has 1 heterocycles. The number of nitrogens with zero attached hydrogens (tertiary/aromatic N) is 1. The van der Waals surface area contributed by atoms with E-state index in [4.69, 9.17) is 0 Å². The third-order valence-electron chi connectivity index (χ3n) is 4.20. The number of hydrogen-bond acceptors (Lipinski definition) is 2. The van der Waals surface area contributed by atoms with Crippen molar-refractivity contribution in [2.45, 2.75) is 31.6 Å². The maximum absolute atomic E-state index is 12.6. The SMILES string of the molecule is Cc1ccc(S(=O)(=O)N2C/C(=C\C3CC3)C(C)C2)cc1. The van der Waals surface area contributed by atoms with E-state index in [1.807, 2.05) is 19.1 Å². The van der Waals surface area contributed by atoms with Gasteiger partial charge in [-0.25, -0.2) is 8.42 Å². The van der Waals surface area contributed by atoms with E-state index < -0.39 is 10.0 Å². The van der Waals surface area contributed by atoms with E-state index in [0.29, 0.717) is 29.8 Å². The molecule has 3 rings (SSSR count). The van der Waals surface area contributed by atoms with E-state index in [1.54, 1.807) is 16.4 Å². The fourth-order valence-electron chi connectivity index (χ4n) is 2.67. The second kappa shape index (κ2) is 5.01. The van der Waals surface area contributed by atoms with Gasteiger partial charge in [0.15, 0.2) is 0 Å². The largest absolute Gasteiger partial charge is 0.243 e. The van der Waals surface area contributed by atoms with Crippen molar-refractivity contribution in [3.8, 4) is 0 Å². The molecule has 3 nitrogen and oxygen atoms in total. The van der Waals surface area contributed by atoms with E-state index in [9.17, 15) is 8.42 Å². The molecule has 1 saturated carbocycles. The molecule has 0 aromatic heterocycles. The van der Waals surface area contributed by atoms with Crippen LogP contribution in [0.2, 0.25) is 0 Å². The number of rotatable bonds is 3. The molecule has 20 heavy (non-hydrogen) atoms. The fourth-order valence-corrected chi connectivity index (χ4v) is 4.19. The van der Waals surface area contributed by atoms with Gasteiger partial charge in [0.2, 0.25) is 10.0 Å². The summed E-state index contributed by atoms with van der Waals surface area (Å²) < 4.78 is 26.9. The van der Waals surface area contributed by atoms with Gasteiger partial charge in [-0.3, -0.25) is 0 Å². The lowest BCUT2D eigenvalue weighted by Crippen LogP contribution is -2.28. The van der Waals surface area contributed by atoms with Crippen LogP contribution in [0.3, 0.4) is 0 Å². The highest BCUT2D eigenvalue weighted by Crippen LogP contribution is 2.35. The number of aryl methyl sites for hydroxylation is 1. The Balaban J connectivity index is 1.83. The van der Waals surface area contributed by atoms with Gasteiger partial charge in [-0.05, 0) is 43.7 Å². The Labute approximate surface area is 121 Å². The predicted octanol–water partition coefficient (Wildman–Crippen LogP) is 2.97. The average molecular weight is 291 g/mol. The zero-order chi connectivity index (χ0) is 14.3. The first-order valence-corrected chi connectivity index (χ1v) is 8.68. The van der Waals surface area contributed by atoms with Gasteiger partial charge in [0.05, 0.1) is 4.90 Å². The second-order valence-corrected chi connectivity index (χ2v) is 8.03. The molecule has 0 N–H and O–H groups in total. The minimum Gasteiger partial charge on any atom is -0.207 e. The van der Waals surface area contributed by atoms with Crippen molar-refractivity contribution in [3.63, 3.8) is 0 Å². The zero-order valence-electron chi connectivity index (χ0n) is 12.0. The number of sulfonamides is 1. The van der Waals surface area contributed by atoms with Gasteiger partial charge in [-0.15, -0.1) is 0 Å². The van der Waals surface area contributed by atoms with E-state index >= 15 is 0 Å². The molecule has 108 valence electrons. The van der Waals surface area contributed by atoms with E-state index in [2.05, 4.69) is 13.0 Å². The van der Waals surface area contributed by atoms with Crippen molar-refractivity contribution in [1.82, 2.24) is 4.31 Å². The van der Waals surface area contributed by atoms with Gasteiger partial charge in [0.25, 0.3) is 0 Å². The number of allylic oxidation sites excluding steroid dienone is 1. The van der Waals surface area contributed by atoms with Gasteiger partial charge in [0.1, 0.15) is 0 Å². The molecular weight excluding hydrogens is 270 g/mol. The van der Waals surface area contributed by atoms with Crippen LogP contribution in [0.4, 0.5) is 0 Å². The molecule has 1 aromatic rings. The first kappa shape index (κ1) is 13.8. The minimum absolute atomic E-state index is 0.343. The smallest absolute Gasteiger partial charge is 0.207 e. The molecule has 1 atom stereocenters. The van der Waals surface area contributed by atoms with Crippen LogP contribution in [0, 0.1) is 18.8 Å². The monoisotopic (exact) mass is 291 g/mol. The van der Waals surface area contributed by atoms with Crippen LogP contribution >= 0.6 is 0 Å². The summed E-state index contributed by atoms with van der Waals surface area (Å²) in [7, 11) is -3.34. The third kappa shape index (κ3) is 2.67. The Morgan fingerprint density at radius 1 is 1.20 bits per heavy atom. The van der Waals surface area contributed by atoms with Gasteiger partial charge < -0.3 is 0 Å². The van der Waals surface area contributed by atoms with Gasteiger partial charge in [0, 0.05) is 13.1 Å². The van der Waals surface area contributed by atoms with Crippen molar-refractivity contribution in [1.29, 1.82) is 0 Å². The zero-order valence-corrected chi connectivity index (χ0v) is 12.9. The highest BCUT2D eigenvalue weighted by atomic mass is 32.2. The molecule has 0 radical (unpaired) electrons. The van der Waals surface area contributed by atoms with Crippen LogP contribution in [0.1, 0.15) is 25.3 Å². The Kier molecular flexibility index (Phi) is 3.46. The summed E-state index contributed by atoms with van der Waals surface area (Å²) >= 11 is 0. The second-order valence-electron chi connectivity index (χ2n) is 6.09. The topological polar surface area (TPSA) is 37.4 Å². The molecule has 1 aliphatic heterocycles. The third-order valence-corrected chi connectivity index (χ3v) is 6.03. The quantitative estimate of drug-likeness (QED) is 0.803. The molecule has 2 fully saturated rings. The molecule has 2 aliphatic rings. The Morgan fingerprint density at radius 2 is 1.85 bits per heavy atom. The van der Waals surface area contributed by atoms with Crippen LogP contribution in [-0.4, -0.2) is 25.8 Å². The van der Waals surface area contributed by atoms with Crippen molar-refractivity contribution < 1.29 is 8.42 Å². The first-order chi connectivity index (χ1) is 9.46. The lowest BCUT2D eigenvalue weighted by atomic mass is 10.0. The lowest BCUT2D eigenvalue weighted by Gasteiger charge is -2.15. The molecule has 0 spiro atoms. The molecule has 0 bridgehead atoms. The Bertz CT molecular complexity index is 627. The van der Waals surface area contributed by atoms with E-state index in [1.165, 1.54) is 18.4 Å². The highest BCUT2D eigenvalue weighted by molar-refractivity contribution is 7.89. The molecular formula is C16H21NO2S. The van der Waals surface area contributed by atoms with Crippen molar-refractivity contribution >= 4 is 10.0 Å². The Morgan fingerprint density at radius 3 is 2.45 bits per heavy atom. The molecule has 1 unspecified atom stereocenters. The van der Waals surface area contributed by atoms with Crippen molar-refractivity contribution in [3.05, 3.63) is 41.5 Å². The van der Waals surface area contributed by atoms with Crippen LogP contribution < -0.4 is 0 Å². The van der Waals surface area contributed by atoms with Crippen LogP contribution in [0.15, 0.2) is 40.8 Å². The molecule has 0 amide bonds. The van der Waals surface area contributed by atoms with Crippen molar-refractivity contribution in [2.24, 2.45) is 11.8 Å². The summed E-state index contributed by atoms with van der Waals surface area (Å²) in [4.78, 5) is 0.406. The van der Waals surface area contributed by atoms with Gasteiger partial charge >= 0.3 is 0 Å². The van der Waals surface area contributed by atoms with Gasteiger partial charge in [-0.2, -0.15) is 4.31 Å². The predicted molar refractivity (Wildman–Crippen MR) is 79.9 cm³/mol. The Hall–Kier alpha value is -1.13. The number of hydrogen-bond donors (Lipinski definition) is 0. The molecule has 4 heteroatoms. The summed E-state index contributed by atoms with van der Waals surface area (Å²) in [6.07, 6.45) is 4.83. The van der Waals surface area contributed by atoms with Crippen molar-refractivity contribution in [2.75, 3.05) is 13.1 Å². The minimum atomic E-state index is -3.34. The summed E-state index contributed by atoms with van der Waals surface area (Å²) in [5.41, 5.74) is 2.37. The summed E-state index contributed by atoms with van der Waals surface area (Å²) in [6.45, 7) is 5.26. The summed E-state index contributed by atoms with van der Waals surface area (Å²) in [6, 6.07) is 7.12. The lowest BCUT2D eigenvalue weighted by molar-refractivity contribution is 0.464. The van der Waals surface area contributed by atoms with Crippen LogP contribution in [-0.2, 0) is 10.0 Å².